The first kappa shape index (κ1) is 21.4. The Hall–Kier alpha value is -2.26. The number of phenolic OH excluding ortho intramolecular Hbond substituents is 1. The molecule has 0 saturated carbocycles. The number of methoxy groups -OCH3 is 1. The number of nitrogens with one attached hydrogen (secondary N) is 1. The van der Waals surface area contributed by atoms with Gasteiger partial charge in [0.15, 0.2) is 15.8 Å². The lowest BCUT2D eigenvalue weighted by atomic mass is 10.1. The molecular weight excluding hydrogens is 455 g/mol. The molecule has 1 aliphatic rings. The Morgan fingerprint density at radius 2 is 2.00 bits per heavy atom. The number of hydrogen-bond acceptors (Lipinski definition) is 6. The fourth-order valence-corrected chi connectivity index (χ4v) is 4.23. The number of thiocarbonyl (C=S) groups is 1. The Balaban J connectivity index is 1.83. The van der Waals surface area contributed by atoms with E-state index in [1.165, 1.54) is 25.3 Å². The van der Waals surface area contributed by atoms with Gasteiger partial charge in [-0.3, -0.25) is 15.0 Å². The summed E-state index contributed by atoms with van der Waals surface area (Å²) in [5.74, 6) is -1.08. The highest BCUT2D eigenvalue weighted by Crippen LogP contribution is 2.37. The van der Waals surface area contributed by atoms with Gasteiger partial charge in [0.05, 0.1) is 27.6 Å². The number of halogens is 2. The van der Waals surface area contributed by atoms with Crippen LogP contribution in [0.5, 0.6) is 11.5 Å². The van der Waals surface area contributed by atoms with Crippen LogP contribution in [0, 0.1) is 6.92 Å². The number of aromatic hydroxyl groups is 1. The minimum Gasteiger partial charge on any atom is -0.503 e. The largest absolute Gasteiger partial charge is 0.503 e. The standard InChI is InChI=1S/C19H14Cl2N2O4S2/c1-9-3-4-11(12(20)5-9)17(25)22-23-18(26)15(29-19(23)28)8-10-6-13(21)16(24)14(7-10)27-2/h3-8,24H,1-2H3,(H,22,25)/b15-8-. The van der Waals surface area contributed by atoms with Gasteiger partial charge in [0, 0.05) is 0 Å². The lowest BCUT2D eigenvalue weighted by Gasteiger charge is -2.16. The van der Waals surface area contributed by atoms with Crippen molar-refractivity contribution in [1.29, 1.82) is 0 Å². The van der Waals surface area contributed by atoms with Gasteiger partial charge in [0.25, 0.3) is 11.8 Å². The van der Waals surface area contributed by atoms with E-state index in [0.717, 1.165) is 22.3 Å². The summed E-state index contributed by atoms with van der Waals surface area (Å²) in [6.45, 7) is 1.85. The zero-order valence-electron chi connectivity index (χ0n) is 15.2. The zero-order valence-corrected chi connectivity index (χ0v) is 18.3. The van der Waals surface area contributed by atoms with Gasteiger partial charge in [-0.25, -0.2) is 0 Å². The summed E-state index contributed by atoms with van der Waals surface area (Å²) in [6.07, 6.45) is 1.54. The van der Waals surface area contributed by atoms with Crippen LogP contribution in [0.2, 0.25) is 10.0 Å². The van der Waals surface area contributed by atoms with Crippen molar-refractivity contribution in [1.82, 2.24) is 10.4 Å². The zero-order chi connectivity index (χ0) is 21.3. The van der Waals surface area contributed by atoms with E-state index in [9.17, 15) is 14.7 Å². The maximum atomic E-state index is 12.7. The number of ether oxygens (including phenoxy) is 1. The van der Waals surface area contributed by atoms with Gasteiger partial charge >= 0.3 is 0 Å². The minimum atomic E-state index is -0.554. The summed E-state index contributed by atoms with van der Waals surface area (Å²) in [6, 6.07) is 7.98. The Kier molecular flexibility index (Phi) is 6.38. The van der Waals surface area contributed by atoms with Crippen LogP contribution in [0.4, 0.5) is 0 Å². The molecule has 2 aromatic carbocycles. The average molecular weight is 469 g/mol. The van der Waals surface area contributed by atoms with Gasteiger partial charge in [0.1, 0.15) is 0 Å². The Labute approximate surface area is 186 Å². The van der Waals surface area contributed by atoms with Gasteiger partial charge in [-0.15, -0.1) is 0 Å². The van der Waals surface area contributed by atoms with Crippen molar-refractivity contribution in [3.8, 4) is 11.5 Å². The van der Waals surface area contributed by atoms with E-state index in [4.69, 9.17) is 40.2 Å². The van der Waals surface area contributed by atoms with Gasteiger partial charge in [0.2, 0.25) is 0 Å². The maximum absolute atomic E-state index is 12.7. The molecule has 0 spiro atoms. The lowest BCUT2D eigenvalue weighted by Crippen LogP contribution is -2.44. The van der Waals surface area contributed by atoms with Gasteiger partial charge in [-0.1, -0.05) is 41.0 Å². The van der Waals surface area contributed by atoms with E-state index < -0.39 is 11.8 Å². The number of carbonyl (C=O) groups excluding carboxylic acids is 2. The number of amides is 2. The molecule has 2 N–H and O–H groups in total. The topological polar surface area (TPSA) is 78.9 Å². The van der Waals surface area contributed by atoms with E-state index in [0.29, 0.717) is 5.56 Å². The summed E-state index contributed by atoms with van der Waals surface area (Å²) >= 11 is 18.3. The highest BCUT2D eigenvalue weighted by molar-refractivity contribution is 8.26. The van der Waals surface area contributed by atoms with Crippen LogP contribution in [-0.2, 0) is 4.79 Å². The third-order valence-corrected chi connectivity index (χ3v) is 5.85. The van der Waals surface area contributed by atoms with Crippen molar-refractivity contribution in [3.05, 3.63) is 62.0 Å². The summed E-state index contributed by atoms with van der Waals surface area (Å²) in [4.78, 5) is 25.5. The molecule has 0 aromatic heterocycles. The third kappa shape index (κ3) is 4.51. The Morgan fingerprint density at radius 3 is 2.66 bits per heavy atom. The molecule has 2 aromatic rings. The predicted octanol–water partition coefficient (Wildman–Crippen LogP) is 4.56. The van der Waals surface area contributed by atoms with Crippen LogP contribution in [-0.4, -0.2) is 33.4 Å². The van der Waals surface area contributed by atoms with Crippen LogP contribution in [0.15, 0.2) is 35.2 Å². The highest BCUT2D eigenvalue weighted by Gasteiger charge is 2.34. The summed E-state index contributed by atoms with van der Waals surface area (Å²) in [5, 5.41) is 11.2. The number of nitrogens with zero attached hydrogens (tertiary/aromatic N) is 1. The number of hydrogen-bond donors (Lipinski definition) is 2. The monoisotopic (exact) mass is 468 g/mol. The summed E-state index contributed by atoms with van der Waals surface area (Å²) < 4.78 is 5.22. The quantitative estimate of drug-likeness (QED) is 0.505. The molecule has 0 unspecified atom stereocenters. The van der Waals surface area contributed by atoms with Crippen molar-refractivity contribution < 1.29 is 19.4 Å². The van der Waals surface area contributed by atoms with Crippen LogP contribution in [0.3, 0.4) is 0 Å². The molecule has 2 amide bonds. The molecule has 150 valence electrons. The average Bonchev–Trinajstić information content (AvgIpc) is 2.91. The van der Waals surface area contributed by atoms with Crippen LogP contribution < -0.4 is 10.2 Å². The molecule has 0 atom stereocenters. The summed E-state index contributed by atoms with van der Waals surface area (Å²) in [7, 11) is 1.39. The molecule has 3 rings (SSSR count). The maximum Gasteiger partial charge on any atom is 0.285 e. The predicted molar refractivity (Wildman–Crippen MR) is 118 cm³/mol. The smallest absolute Gasteiger partial charge is 0.285 e. The second-order valence-corrected chi connectivity index (χ2v) is 8.49. The second-order valence-electron chi connectivity index (χ2n) is 5.99. The van der Waals surface area contributed by atoms with Crippen LogP contribution >= 0.6 is 47.2 Å². The normalized spacial score (nSPS) is 15.2. The van der Waals surface area contributed by atoms with Crippen molar-refractivity contribution in [2.24, 2.45) is 0 Å². The lowest BCUT2D eigenvalue weighted by molar-refractivity contribution is -0.123. The first-order valence-corrected chi connectivity index (χ1v) is 10.1. The number of benzene rings is 2. The van der Waals surface area contributed by atoms with E-state index in [1.54, 1.807) is 18.2 Å². The van der Waals surface area contributed by atoms with Gasteiger partial charge < -0.3 is 9.84 Å². The second kappa shape index (κ2) is 8.62. The molecule has 1 heterocycles. The van der Waals surface area contributed by atoms with Gasteiger partial charge in [-0.2, -0.15) is 5.01 Å². The molecule has 6 nitrogen and oxygen atoms in total. The number of aryl methyl sites for hydroxylation is 1. The molecule has 29 heavy (non-hydrogen) atoms. The van der Waals surface area contributed by atoms with Crippen molar-refractivity contribution in [2.75, 3.05) is 7.11 Å². The van der Waals surface area contributed by atoms with E-state index >= 15 is 0 Å². The number of carbonyl (C=O) groups is 2. The van der Waals surface area contributed by atoms with Crippen LogP contribution in [0.25, 0.3) is 6.08 Å². The molecule has 0 bridgehead atoms. The molecule has 0 radical (unpaired) electrons. The number of hydrazine groups is 1. The van der Waals surface area contributed by atoms with Gasteiger partial charge in [-0.05, 0) is 60.6 Å². The molecule has 0 aliphatic carbocycles. The Bertz CT molecular complexity index is 1070. The fourth-order valence-electron chi connectivity index (χ4n) is 2.51. The minimum absolute atomic E-state index is 0.0772. The molecule has 1 aliphatic heterocycles. The van der Waals surface area contributed by atoms with Crippen LogP contribution in [0.1, 0.15) is 21.5 Å². The molecule has 10 heteroatoms. The number of thioether (sulfide) groups is 1. The highest BCUT2D eigenvalue weighted by atomic mass is 35.5. The fraction of sp³-hybridized carbons (Fsp3) is 0.105. The first-order valence-electron chi connectivity index (χ1n) is 8.13. The number of phenols is 1. The van der Waals surface area contributed by atoms with Crippen molar-refractivity contribution in [2.45, 2.75) is 6.92 Å². The molecule has 1 saturated heterocycles. The van der Waals surface area contributed by atoms with Crippen molar-refractivity contribution >= 4 is 69.4 Å². The van der Waals surface area contributed by atoms with Crippen molar-refractivity contribution in [3.63, 3.8) is 0 Å². The molecular formula is C19H14Cl2N2O4S2. The van der Waals surface area contributed by atoms with E-state index in [-0.39, 0.29) is 36.3 Å². The Morgan fingerprint density at radius 1 is 1.28 bits per heavy atom. The molecule has 1 fully saturated rings. The SMILES string of the molecule is COc1cc(/C=C2\SC(=S)N(NC(=O)c3ccc(C)cc3Cl)C2=O)cc(Cl)c1O. The third-order valence-electron chi connectivity index (χ3n) is 3.94. The van der Waals surface area contributed by atoms with E-state index in [1.807, 2.05) is 6.92 Å². The summed E-state index contributed by atoms with van der Waals surface area (Å²) in [5.41, 5.74) is 4.14. The first-order chi connectivity index (χ1) is 13.7. The number of rotatable bonds is 4. The van der Waals surface area contributed by atoms with E-state index in [2.05, 4.69) is 5.43 Å².